The predicted molar refractivity (Wildman–Crippen MR) is 41.1 cm³/mol. The van der Waals surface area contributed by atoms with E-state index in [1.54, 1.807) is 0 Å². The van der Waals surface area contributed by atoms with Crippen LogP contribution in [0, 0.1) is 0 Å². The standard InChI is InChI=1S/C6H14ClNO2/c1-8(2,3)5-6(4-7)10-9/h6H,4-5H2,1-3H3/p+1. The lowest BCUT2D eigenvalue weighted by atomic mass is 10.3. The smallest absolute Gasteiger partial charge is 0.155 e. The SMILES string of the molecule is C[N+](C)(C)CC(CCl)OO. The maximum atomic E-state index is 8.29. The van der Waals surface area contributed by atoms with Crippen LogP contribution in [0.5, 0.6) is 0 Å². The molecule has 0 saturated carbocycles. The van der Waals surface area contributed by atoms with Crippen molar-refractivity contribution in [2.24, 2.45) is 0 Å². The molecule has 0 spiro atoms. The molecule has 0 aromatic carbocycles. The van der Waals surface area contributed by atoms with E-state index in [4.69, 9.17) is 16.9 Å². The molecule has 0 bridgehead atoms. The third-order valence-electron chi connectivity index (χ3n) is 1.07. The van der Waals surface area contributed by atoms with Gasteiger partial charge >= 0.3 is 0 Å². The van der Waals surface area contributed by atoms with Crippen LogP contribution in [0.1, 0.15) is 0 Å². The van der Waals surface area contributed by atoms with E-state index >= 15 is 0 Å². The molecule has 0 aromatic rings. The van der Waals surface area contributed by atoms with Gasteiger partial charge in [0.2, 0.25) is 0 Å². The Hall–Kier alpha value is 0.170. The molecule has 1 unspecified atom stereocenters. The summed E-state index contributed by atoms with van der Waals surface area (Å²) >= 11 is 5.48. The van der Waals surface area contributed by atoms with E-state index in [-0.39, 0.29) is 6.10 Å². The molecule has 1 N–H and O–H groups in total. The molecule has 0 amide bonds. The summed E-state index contributed by atoms with van der Waals surface area (Å²) in [4.78, 5) is 4.13. The van der Waals surface area contributed by atoms with Crippen LogP contribution >= 0.6 is 11.6 Å². The molecule has 0 aliphatic carbocycles. The Morgan fingerprint density at radius 3 is 2.10 bits per heavy atom. The fourth-order valence-corrected chi connectivity index (χ4v) is 0.875. The van der Waals surface area contributed by atoms with Gasteiger partial charge in [-0.2, -0.15) is 0 Å². The van der Waals surface area contributed by atoms with Gasteiger partial charge in [-0.3, -0.25) is 5.26 Å². The van der Waals surface area contributed by atoms with Gasteiger partial charge < -0.3 is 4.48 Å². The Bertz CT molecular complexity index is 88.2. The van der Waals surface area contributed by atoms with Gasteiger partial charge in [-0.15, -0.1) is 11.6 Å². The summed E-state index contributed by atoms with van der Waals surface area (Å²) in [6.45, 7) is 0.708. The summed E-state index contributed by atoms with van der Waals surface area (Å²) in [5, 5.41) is 8.29. The van der Waals surface area contributed by atoms with Gasteiger partial charge in [-0.05, 0) is 0 Å². The first kappa shape index (κ1) is 10.2. The van der Waals surface area contributed by atoms with Gasteiger partial charge in [-0.1, -0.05) is 0 Å². The van der Waals surface area contributed by atoms with Crippen molar-refractivity contribution in [1.29, 1.82) is 0 Å². The highest BCUT2D eigenvalue weighted by molar-refractivity contribution is 6.18. The zero-order valence-corrected chi connectivity index (χ0v) is 7.43. The summed E-state index contributed by atoms with van der Waals surface area (Å²) in [6.07, 6.45) is -0.262. The molecule has 4 heteroatoms. The second kappa shape index (κ2) is 4.13. The first-order valence-corrected chi connectivity index (χ1v) is 3.69. The Morgan fingerprint density at radius 2 is 2.00 bits per heavy atom. The molecule has 0 fully saturated rings. The molecular formula is C6H15ClNO2+. The van der Waals surface area contributed by atoms with Crippen molar-refractivity contribution >= 4 is 11.6 Å². The molecule has 0 aromatic heterocycles. The minimum atomic E-state index is -0.262. The van der Waals surface area contributed by atoms with Crippen LogP contribution in [-0.2, 0) is 4.89 Å². The monoisotopic (exact) mass is 168 g/mol. The van der Waals surface area contributed by atoms with Crippen molar-refractivity contribution in [3.8, 4) is 0 Å². The number of halogens is 1. The average Bonchev–Trinajstić information content (AvgIpc) is 1.81. The van der Waals surface area contributed by atoms with Gasteiger partial charge in [-0.25, -0.2) is 4.89 Å². The third kappa shape index (κ3) is 4.99. The molecule has 0 heterocycles. The maximum absolute atomic E-state index is 8.29. The Kier molecular flexibility index (Phi) is 4.20. The molecule has 0 radical (unpaired) electrons. The van der Waals surface area contributed by atoms with Crippen LogP contribution in [0.2, 0.25) is 0 Å². The van der Waals surface area contributed by atoms with Crippen molar-refractivity contribution in [3.05, 3.63) is 0 Å². The van der Waals surface area contributed by atoms with Crippen LogP contribution < -0.4 is 0 Å². The minimum Gasteiger partial charge on any atom is -0.329 e. The summed E-state index contributed by atoms with van der Waals surface area (Å²) in [6, 6.07) is 0. The zero-order valence-electron chi connectivity index (χ0n) is 6.67. The second-order valence-corrected chi connectivity index (χ2v) is 3.66. The van der Waals surface area contributed by atoms with Crippen LogP contribution in [0.15, 0.2) is 0 Å². The predicted octanol–water partition coefficient (Wildman–Crippen LogP) is 0.790. The van der Waals surface area contributed by atoms with E-state index in [0.717, 1.165) is 4.48 Å². The highest BCUT2D eigenvalue weighted by Crippen LogP contribution is 1.99. The fourth-order valence-electron chi connectivity index (χ4n) is 0.721. The molecular weight excluding hydrogens is 154 g/mol. The number of quaternary nitrogens is 1. The lowest BCUT2D eigenvalue weighted by molar-refractivity contribution is -0.874. The third-order valence-corrected chi connectivity index (χ3v) is 1.42. The molecule has 3 nitrogen and oxygen atoms in total. The van der Waals surface area contributed by atoms with Crippen LogP contribution in [0.4, 0.5) is 0 Å². The number of alkyl halides is 1. The lowest BCUT2D eigenvalue weighted by Crippen LogP contribution is -2.42. The summed E-state index contributed by atoms with van der Waals surface area (Å²) < 4.78 is 0.734. The highest BCUT2D eigenvalue weighted by atomic mass is 35.5. The Balaban J connectivity index is 3.63. The number of rotatable bonds is 4. The van der Waals surface area contributed by atoms with Crippen LogP contribution in [-0.4, -0.2) is 49.4 Å². The van der Waals surface area contributed by atoms with E-state index in [1.807, 2.05) is 21.1 Å². The van der Waals surface area contributed by atoms with Crippen molar-refractivity contribution < 1.29 is 14.6 Å². The average molecular weight is 169 g/mol. The lowest BCUT2D eigenvalue weighted by Gasteiger charge is -2.26. The van der Waals surface area contributed by atoms with E-state index in [1.165, 1.54) is 0 Å². The first-order valence-electron chi connectivity index (χ1n) is 3.16. The van der Waals surface area contributed by atoms with E-state index in [0.29, 0.717) is 12.4 Å². The van der Waals surface area contributed by atoms with E-state index in [2.05, 4.69) is 4.89 Å². The quantitative estimate of drug-likeness (QED) is 0.291. The maximum Gasteiger partial charge on any atom is 0.155 e. The Labute approximate surface area is 66.7 Å². The van der Waals surface area contributed by atoms with E-state index in [9.17, 15) is 0 Å². The van der Waals surface area contributed by atoms with E-state index < -0.39 is 0 Å². The van der Waals surface area contributed by atoms with Crippen molar-refractivity contribution in [1.82, 2.24) is 0 Å². The van der Waals surface area contributed by atoms with Crippen molar-refractivity contribution in [2.45, 2.75) is 6.10 Å². The molecule has 1 atom stereocenters. The summed E-state index contributed by atoms with van der Waals surface area (Å²) in [7, 11) is 6.04. The van der Waals surface area contributed by atoms with Gasteiger partial charge in [0.25, 0.3) is 0 Å². The number of hydrogen-bond donors (Lipinski definition) is 1. The summed E-state index contributed by atoms with van der Waals surface area (Å²) in [5.74, 6) is 0.325. The second-order valence-electron chi connectivity index (χ2n) is 3.35. The molecule has 62 valence electrons. The number of nitrogens with zero attached hydrogens (tertiary/aromatic N) is 1. The van der Waals surface area contributed by atoms with Gasteiger partial charge in [0.15, 0.2) is 6.10 Å². The topological polar surface area (TPSA) is 29.5 Å². The van der Waals surface area contributed by atoms with Gasteiger partial charge in [0, 0.05) is 0 Å². The largest absolute Gasteiger partial charge is 0.329 e. The molecule has 0 aliphatic heterocycles. The van der Waals surface area contributed by atoms with Crippen molar-refractivity contribution in [3.63, 3.8) is 0 Å². The number of hydrogen-bond acceptors (Lipinski definition) is 2. The minimum absolute atomic E-state index is 0.262. The Morgan fingerprint density at radius 1 is 1.50 bits per heavy atom. The molecule has 0 saturated heterocycles. The first-order chi connectivity index (χ1) is 4.49. The molecule has 0 rings (SSSR count). The molecule has 0 aliphatic rings. The van der Waals surface area contributed by atoms with Gasteiger partial charge in [0.05, 0.1) is 27.0 Å². The van der Waals surface area contributed by atoms with Crippen molar-refractivity contribution in [2.75, 3.05) is 33.6 Å². The van der Waals surface area contributed by atoms with Crippen LogP contribution in [0.3, 0.4) is 0 Å². The number of likely N-dealkylation sites (N-methyl/N-ethyl adjacent to an activating group) is 1. The highest BCUT2D eigenvalue weighted by Gasteiger charge is 2.17. The normalized spacial score (nSPS) is 15.3. The molecule has 10 heavy (non-hydrogen) atoms. The van der Waals surface area contributed by atoms with Crippen LogP contribution in [0.25, 0.3) is 0 Å². The summed E-state index contributed by atoms with van der Waals surface area (Å²) in [5.41, 5.74) is 0. The zero-order chi connectivity index (χ0) is 8.20. The fraction of sp³-hybridized carbons (Fsp3) is 1.00. The van der Waals surface area contributed by atoms with Gasteiger partial charge in [0.1, 0.15) is 6.54 Å².